The van der Waals surface area contributed by atoms with E-state index in [0.717, 1.165) is 5.69 Å². The second-order valence-electron chi connectivity index (χ2n) is 4.06. The van der Waals surface area contributed by atoms with E-state index in [4.69, 9.17) is 5.11 Å². The number of benzene rings is 1. The molecule has 0 aliphatic rings. The zero-order chi connectivity index (χ0) is 13.8. The number of anilines is 1. The summed E-state index contributed by atoms with van der Waals surface area (Å²) in [6.07, 6.45) is 0. The summed E-state index contributed by atoms with van der Waals surface area (Å²) in [5.74, 6) is -1.53. The lowest BCUT2D eigenvalue weighted by molar-refractivity contribution is -0.135. The number of nitrogens with one attached hydrogen (secondary N) is 1. The minimum Gasteiger partial charge on any atom is -0.480 e. The molecular weight excluding hydrogens is 246 g/mol. The normalized spacial score (nSPS) is 10.2. The largest absolute Gasteiger partial charge is 0.480 e. The maximum absolute atomic E-state index is 12.3. The summed E-state index contributed by atoms with van der Waals surface area (Å²) in [4.78, 5) is 24.4. The van der Waals surface area contributed by atoms with Gasteiger partial charge in [0.25, 0.3) is 5.91 Å². The first-order valence-electron chi connectivity index (χ1n) is 5.68. The number of carboxylic acid groups (broad SMARTS) is 1. The van der Waals surface area contributed by atoms with Crippen molar-refractivity contribution in [1.82, 2.24) is 10.2 Å². The molecule has 0 spiro atoms. The minimum atomic E-state index is -1.08. The molecule has 0 saturated carbocycles. The van der Waals surface area contributed by atoms with E-state index in [1.54, 1.807) is 43.3 Å². The lowest BCUT2D eigenvalue weighted by Gasteiger charge is -2.19. The standard InChI is InChI=1S/C13H13N3O3/c1-9-7-11(15-14-9)13(19)16(8-12(17)18)10-5-3-2-4-6-10/h2-7H,8H2,1H3,(H,14,15)(H,17,18). The number of aliphatic carboxylic acids is 1. The maximum atomic E-state index is 12.3. The van der Waals surface area contributed by atoms with Crippen molar-refractivity contribution in [2.45, 2.75) is 6.92 Å². The SMILES string of the molecule is Cc1cc(C(=O)N(CC(=O)O)c2ccccc2)n[nH]1. The van der Waals surface area contributed by atoms with Crippen molar-refractivity contribution in [3.8, 4) is 0 Å². The molecule has 0 saturated heterocycles. The van der Waals surface area contributed by atoms with E-state index in [-0.39, 0.29) is 5.69 Å². The smallest absolute Gasteiger partial charge is 0.323 e. The van der Waals surface area contributed by atoms with Crippen LogP contribution in [0.4, 0.5) is 5.69 Å². The van der Waals surface area contributed by atoms with E-state index in [1.165, 1.54) is 4.90 Å². The first-order valence-corrected chi connectivity index (χ1v) is 5.68. The number of carbonyl (C=O) groups is 2. The van der Waals surface area contributed by atoms with Crippen molar-refractivity contribution in [1.29, 1.82) is 0 Å². The average Bonchev–Trinajstić information content (AvgIpc) is 2.83. The van der Waals surface area contributed by atoms with Crippen LogP contribution in [0.25, 0.3) is 0 Å². The Morgan fingerprint density at radius 3 is 2.53 bits per heavy atom. The molecule has 1 aromatic heterocycles. The molecule has 1 amide bonds. The fraction of sp³-hybridized carbons (Fsp3) is 0.154. The number of aryl methyl sites for hydroxylation is 1. The van der Waals surface area contributed by atoms with Gasteiger partial charge in [0, 0.05) is 11.4 Å². The number of aromatic nitrogens is 2. The number of para-hydroxylation sites is 1. The Balaban J connectivity index is 2.33. The molecule has 19 heavy (non-hydrogen) atoms. The summed E-state index contributed by atoms with van der Waals surface area (Å²) in [5, 5.41) is 15.4. The number of hydrogen-bond donors (Lipinski definition) is 2. The van der Waals surface area contributed by atoms with Gasteiger partial charge in [-0.1, -0.05) is 18.2 Å². The molecule has 2 rings (SSSR count). The van der Waals surface area contributed by atoms with Gasteiger partial charge in [0.05, 0.1) is 0 Å². The Labute approximate surface area is 109 Å². The van der Waals surface area contributed by atoms with Crippen LogP contribution in [0.2, 0.25) is 0 Å². The fourth-order valence-electron chi connectivity index (χ4n) is 1.69. The van der Waals surface area contributed by atoms with Crippen molar-refractivity contribution in [2.75, 3.05) is 11.4 Å². The van der Waals surface area contributed by atoms with Gasteiger partial charge in [-0.15, -0.1) is 0 Å². The maximum Gasteiger partial charge on any atom is 0.323 e. The van der Waals surface area contributed by atoms with Crippen molar-refractivity contribution in [2.24, 2.45) is 0 Å². The number of carbonyl (C=O) groups excluding carboxylic acids is 1. The highest BCUT2D eigenvalue weighted by molar-refractivity contribution is 6.07. The highest BCUT2D eigenvalue weighted by Gasteiger charge is 2.22. The van der Waals surface area contributed by atoms with Crippen LogP contribution in [-0.2, 0) is 4.79 Å². The van der Waals surface area contributed by atoms with E-state index in [2.05, 4.69) is 10.2 Å². The van der Waals surface area contributed by atoms with Gasteiger partial charge in [0.2, 0.25) is 0 Å². The molecular formula is C13H13N3O3. The molecule has 98 valence electrons. The third-order valence-electron chi connectivity index (χ3n) is 2.53. The number of amides is 1. The highest BCUT2D eigenvalue weighted by atomic mass is 16.4. The molecule has 0 fully saturated rings. The molecule has 0 bridgehead atoms. The zero-order valence-electron chi connectivity index (χ0n) is 10.3. The molecule has 0 aliphatic carbocycles. The number of H-pyrrole nitrogens is 1. The van der Waals surface area contributed by atoms with Gasteiger partial charge >= 0.3 is 5.97 Å². The summed E-state index contributed by atoms with van der Waals surface area (Å²) >= 11 is 0. The van der Waals surface area contributed by atoms with Gasteiger partial charge in [-0.3, -0.25) is 19.6 Å². The van der Waals surface area contributed by atoms with E-state index in [9.17, 15) is 9.59 Å². The minimum absolute atomic E-state index is 0.197. The van der Waals surface area contributed by atoms with Gasteiger partial charge in [-0.2, -0.15) is 5.10 Å². The van der Waals surface area contributed by atoms with E-state index >= 15 is 0 Å². The van der Waals surface area contributed by atoms with Crippen LogP contribution in [0, 0.1) is 6.92 Å². The van der Waals surface area contributed by atoms with Crippen LogP contribution in [0.3, 0.4) is 0 Å². The van der Waals surface area contributed by atoms with Crippen molar-refractivity contribution < 1.29 is 14.7 Å². The summed E-state index contributed by atoms with van der Waals surface area (Å²) in [7, 11) is 0. The van der Waals surface area contributed by atoms with Gasteiger partial charge < -0.3 is 5.11 Å². The Morgan fingerprint density at radius 1 is 1.32 bits per heavy atom. The van der Waals surface area contributed by atoms with Crippen molar-refractivity contribution in [3.63, 3.8) is 0 Å². The first kappa shape index (κ1) is 12.8. The van der Waals surface area contributed by atoms with E-state index in [1.807, 2.05) is 0 Å². The molecule has 6 nitrogen and oxygen atoms in total. The molecule has 0 aliphatic heterocycles. The van der Waals surface area contributed by atoms with E-state index in [0.29, 0.717) is 5.69 Å². The third kappa shape index (κ3) is 2.98. The Hall–Kier alpha value is -2.63. The van der Waals surface area contributed by atoms with Crippen LogP contribution < -0.4 is 4.90 Å². The highest BCUT2D eigenvalue weighted by Crippen LogP contribution is 2.16. The number of nitrogens with zero attached hydrogens (tertiary/aromatic N) is 2. The fourth-order valence-corrected chi connectivity index (χ4v) is 1.69. The molecule has 1 aromatic carbocycles. The van der Waals surface area contributed by atoms with Crippen LogP contribution in [-0.4, -0.2) is 33.7 Å². The number of rotatable bonds is 4. The molecule has 2 aromatic rings. The monoisotopic (exact) mass is 259 g/mol. The topological polar surface area (TPSA) is 86.3 Å². The van der Waals surface area contributed by atoms with Gasteiger partial charge in [-0.25, -0.2) is 0 Å². The van der Waals surface area contributed by atoms with Gasteiger partial charge in [0.1, 0.15) is 6.54 Å². The van der Waals surface area contributed by atoms with Crippen LogP contribution in [0.5, 0.6) is 0 Å². The second kappa shape index (κ2) is 5.34. The van der Waals surface area contributed by atoms with Crippen LogP contribution in [0.1, 0.15) is 16.2 Å². The van der Waals surface area contributed by atoms with E-state index < -0.39 is 18.4 Å². The third-order valence-corrected chi connectivity index (χ3v) is 2.53. The van der Waals surface area contributed by atoms with Crippen molar-refractivity contribution in [3.05, 3.63) is 47.8 Å². The van der Waals surface area contributed by atoms with Crippen LogP contribution in [0.15, 0.2) is 36.4 Å². The lowest BCUT2D eigenvalue weighted by Crippen LogP contribution is -2.35. The predicted octanol–water partition coefficient (Wildman–Crippen LogP) is 1.45. The molecule has 0 atom stereocenters. The lowest BCUT2D eigenvalue weighted by atomic mass is 10.2. The van der Waals surface area contributed by atoms with Crippen LogP contribution >= 0.6 is 0 Å². The Kier molecular flexibility index (Phi) is 3.61. The first-order chi connectivity index (χ1) is 9.08. The molecule has 2 N–H and O–H groups in total. The van der Waals surface area contributed by atoms with Crippen molar-refractivity contribution >= 4 is 17.6 Å². The second-order valence-corrected chi connectivity index (χ2v) is 4.06. The average molecular weight is 259 g/mol. The quantitative estimate of drug-likeness (QED) is 0.870. The summed E-state index contributed by atoms with van der Waals surface area (Å²) < 4.78 is 0. The zero-order valence-corrected chi connectivity index (χ0v) is 10.3. The summed E-state index contributed by atoms with van der Waals surface area (Å²) in [6, 6.07) is 10.2. The molecule has 6 heteroatoms. The van der Waals surface area contributed by atoms with Gasteiger partial charge in [0.15, 0.2) is 5.69 Å². The summed E-state index contributed by atoms with van der Waals surface area (Å²) in [5.41, 5.74) is 1.46. The molecule has 0 radical (unpaired) electrons. The summed E-state index contributed by atoms with van der Waals surface area (Å²) in [6.45, 7) is 1.36. The molecule has 1 heterocycles. The number of hydrogen-bond acceptors (Lipinski definition) is 3. The van der Waals surface area contributed by atoms with Gasteiger partial charge in [-0.05, 0) is 25.1 Å². The predicted molar refractivity (Wildman–Crippen MR) is 69.1 cm³/mol. The number of carboxylic acids is 1. The Bertz CT molecular complexity index is 592. The number of aromatic amines is 1. The Morgan fingerprint density at radius 2 is 2.00 bits per heavy atom. The molecule has 0 unspecified atom stereocenters.